The van der Waals surface area contributed by atoms with E-state index >= 15 is 0 Å². The third-order valence-corrected chi connectivity index (χ3v) is 5.68. The summed E-state index contributed by atoms with van der Waals surface area (Å²) in [5.41, 5.74) is 0.943. The van der Waals surface area contributed by atoms with E-state index in [4.69, 9.17) is 0 Å². The van der Waals surface area contributed by atoms with Gasteiger partial charge in [-0.15, -0.1) is 0 Å². The smallest absolute Gasteiger partial charge is 0.166 e. The summed E-state index contributed by atoms with van der Waals surface area (Å²) in [7, 11) is 0. The molecule has 0 radical (unpaired) electrons. The van der Waals surface area contributed by atoms with Crippen LogP contribution in [0.5, 0.6) is 0 Å². The van der Waals surface area contributed by atoms with E-state index in [1.165, 1.54) is 64.2 Å². The van der Waals surface area contributed by atoms with E-state index in [1.807, 2.05) is 30.3 Å². The predicted octanol–water partition coefficient (Wildman–Crippen LogP) is 5.65. The second-order valence-corrected chi connectivity index (χ2v) is 7.05. The molecule has 0 aliphatic heterocycles. The largest absolute Gasteiger partial charge is 0.294 e. The molecule has 2 aliphatic rings. The van der Waals surface area contributed by atoms with E-state index in [0.29, 0.717) is 23.5 Å². The first-order valence-corrected chi connectivity index (χ1v) is 8.95. The summed E-state index contributed by atoms with van der Waals surface area (Å²) < 4.78 is 0. The first-order chi connectivity index (χ1) is 10.4. The number of ketones is 1. The van der Waals surface area contributed by atoms with Crippen LogP contribution in [0.15, 0.2) is 30.3 Å². The second-order valence-electron chi connectivity index (χ2n) is 7.05. The van der Waals surface area contributed by atoms with Gasteiger partial charge in [0, 0.05) is 11.5 Å². The minimum Gasteiger partial charge on any atom is -0.294 e. The van der Waals surface area contributed by atoms with Crippen LogP contribution in [0, 0.1) is 17.8 Å². The highest BCUT2D eigenvalue weighted by atomic mass is 16.1. The van der Waals surface area contributed by atoms with Gasteiger partial charge in [0.15, 0.2) is 5.78 Å². The molecule has 1 aromatic rings. The van der Waals surface area contributed by atoms with E-state index in [0.717, 1.165) is 5.56 Å². The Hall–Kier alpha value is -1.11. The molecule has 3 rings (SSSR count). The van der Waals surface area contributed by atoms with Crippen molar-refractivity contribution in [3.8, 4) is 0 Å². The molecule has 114 valence electrons. The van der Waals surface area contributed by atoms with E-state index in [-0.39, 0.29) is 0 Å². The molecule has 0 spiro atoms. The van der Waals surface area contributed by atoms with Gasteiger partial charge < -0.3 is 0 Å². The Labute approximate surface area is 129 Å². The van der Waals surface area contributed by atoms with Crippen LogP contribution in [0.2, 0.25) is 0 Å². The van der Waals surface area contributed by atoms with Crippen molar-refractivity contribution in [3.05, 3.63) is 35.9 Å². The third kappa shape index (κ3) is 3.56. The average Bonchev–Trinajstić information content (AvgIpc) is 2.58. The van der Waals surface area contributed by atoms with Gasteiger partial charge >= 0.3 is 0 Å². The Balaban J connectivity index is 1.81. The van der Waals surface area contributed by atoms with Crippen molar-refractivity contribution in [3.63, 3.8) is 0 Å². The van der Waals surface area contributed by atoms with Crippen LogP contribution in [0.25, 0.3) is 0 Å². The van der Waals surface area contributed by atoms with E-state index in [9.17, 15) is 4.79 Å². The lowest BCUT2D eigenvalue weighted by atomic mass is 9.67. The van der Waals surface area contributed by atoms with Gasteiger partial charge in [-0.3, -0.25) is 4.79 Å². The number of benzene rings is 1. The van der Waals surface area contributed by atoms with Crippen LogP contribution in [-0.4, -0.2) is 5.78 Å². The normalized spacial score (nSPS) is 21.6. The first kappa shape index (κ1) is 14.8. The molecular weight excluding hydrogens is 256 g/mol. The number of hydrogen-bond donors (Lipinski definition) is 0. The summed E-state index contributed by atoms with van der Waals surface area (Å²) in [6.45, 7) is 0. The summed E-state index contributed by atoms with van der Waals surface area (Å²) >= 11 is 0. The molecule has 2 saturated carbocycles. The quantitative estimate of drug-likeness (QED) is 0.653. The Morgan fingerprint density at radius 2 is 1.24 bits per heavy atom. The van der Waals surface area contributed by atoms with Crippen LogP contribution >= 0.6 is 0 Å². The molecule has 1 aromatic carbocycles. The zero-order valence-corrected chi connectivity index (χ0v) is 13.1. The lowest BCUT2D eigenvalue weighted by Gasteiger charge is -2.37. The molecule has 0 atom stereocenters. The molecule has 1 heteroatoms. The standard InChI is InChI=1S/C20H28O/c21-20(18-14-8-3-9-15-18)19(16-10-4-1-5-11-16)17-12-6-2-7-13-17/h3,8-9,14-17,19H,1-2,4-7,10-13H2. The van der Waals surface area contributed by atoms with Gasteiger partial charge in [-0.1, -0.05) is 68.9 Å². The monoisotopic (exact) mass is 284 g/mol. The highest BCUT2D eigenvalue weighted by Gasteiger charge is 2.36. The van der Waals surface area contributed by atoms with Crippen LogP contribution in [0.4, 0.5) is 0 Å². The minimum atomic E-state index is 0.299. The lowest BCUT2D eigenvalue weighted by Crippen LogP contribution is -2.33. The van der Waals surface area contributed by atoms with Crippen molar-refractivity contribution in [2.75, 3.05) is 0 Å². The molecule has 0 unspecified atom stereocenters. The van der Waals surface area contributed by atoms with Crippen molar-refractivity contribution in [2.45, 2.75) is 64.2 Å². The number of carbonyl (C=O) groups is 1. The summed E-state index contributed by atoms with van der Waals surface area (Å²) in [5, 5.41) is 0. The van der Waals surface area contributed by atoms with Gasteiger partial charge in [-0.2, -0.15) is 0 Å². The van der Waals surface area contributed by atoms with Crippen molar-refractivity contribution in [1.82, 2.24) is 0 Å². The molecule has 2 aliphatic carbocycles. The molecule has 0 saturated heterocycles. The van der Waals surface area contributed by atoms with Gasteiger partial charge in [-0.05, 0) is 37.5 Å². The van der Waals surface area contributed by atoms with Crippen molar-refractivity contribution in [1.29, 1.82) is 0 Å². The van der Waals surface area contributed by atoms with Crippen molar-refractivity contribution >= 4 is 5.78 Å². The highest BCUT2D eigenvalue weighted by molar-refractivity contribution is 5.98. The van der Waals surface area contributed by atoms with Gasteiger partial charge in [0.05, 0.1) is 0 Å². The first-order valence-electron chi connectivity index (χ1n) is 8.95. The van der Waals surface area contributed by atoms with Gasteiger partial charge in [0.2, 0.25) is 0 Å². The van der Waals surface area contributed by atoms with Crippen LogP contribution in [0.1, 0.15) is 74.6 Å². The SMILES string of the molecule is O=C(c1ccccc1)C(C1CCCCC1)C1CCCCC1. The number of carbonyl (C=O) groups excluding carboxylic acids is 1. The zero-order valence-electron chi connectivity index (χ0n) is 13.1. The van der Waals surface area contributed by atoms with E-state index in [1.54, 1.807) is 0 Å². The van der Waals surface area contributed by atoms with E-state index in [2.05, 4.69) is 0 Å². The maximum Gasteiger partial charge on any atom is 0.166 e. The van der Waals surface area contributed by atoms with Gasteiger partial charge in [-0.25, -0.2) is 0 Å². The molecule has 0 heterocycles. The highest BCUT2D eigenvalue weighted by Crippen LogP contribution is 2.41. The maximum absolute atomic E-state index is 13.1. The number of hydrogen-bond acceptors (Lipinski definition) is 1. The van der Waals surface area contributed by atoms with Crippen LogP contribution < -0.4 is 0 Å². The minimum absolute atomic E-state index is 0.299. The molecule has 0 bridgehead atoms. The molecule has 1 nitrogen and oxygen atoms in total. The average molecular weight is 284 g/mol. The fourth-order valence-corrected chi connectivity index (χ4v) is 4.59. The Morgan fingerprint density at radius 1 is 0.762 bits per heavy atom. The van der Waals surface area contributed by atoms with E-state index < -0.39 is 0 Å². The Bertz CT molecular complexity index is 420. The summed E-state index contributed by atoms with van der Waals surface area (Å²) in [6.07, 6.45) is 13.2. The fraction of sp³-hybridized carbons (Fsp3) is 0.650. The predicted molar refractivity (Wildman–Crippen MR) is 87.4 cm³/mol. The van der Waals surface area contributed by atoms with Crippen molar-refractivity contribution < 1.29 is 4.79 Å². The zero-order chi connectivity index (χ0) is 14.5. The molecule has 0 aromatic heterocycles. The van der Waals surface area contributed by atoms with Crippen LogP contribution in [-0.2, 0) is 0 Å². The molecule has 0 N–H and O–H groups in total. The third-order valence-electron chi connectivity index (χ3n) is 5.68. The molecule has 0 amide bonds. The fourth-order valence-electron chi connectivity index (χ4n) is 4.59. The topological polar surface area (TPSA) is 17.1 Å². The van der Waals surface area contributed by atoms with Crippen LogP contribution in [0.3, 0.4) is 0 Å². The Kier molecular flexibility index (Phi) is 5.11. The molecule has 2 fully saturated rings. The number of Topliss-reactive ketones (excluding diaryl/α,β-unsaturated/α-hetero) is 1. The lowest BCUT2D eigenvalue weighted by molar-refractivity contribution is 0.0710. The van der Waals surface area contributed by atoms with Crippen molar-refractivity contribution in [2.24, 2.45) is 17.8 Å². The Morgan fingerprint density at radius 3 is 1.71 bits per heavy atom. The number of rotatable bonds is 4. The summed E-state index contributed by atoms with van der Waals surface area (Å²) in [4.78, 5) is 13.1. The molecular formula is C20H28O. The summed E-state index contributed by atoms with van der Waals surface area (Å²) in [6, 6.07) is 10.0. The molecule has 21 heavy (non-hydrogen) atoms. The van der Waals surface area contributed by atoms with Gasteiger partial charge in [0.1, 0.15) is 0 Å². The maximum atomic E-state index is 13.1. The van der Waals surface area contributed by atoms with Gasteiger partial charge in [0.25, 0.3) is 0 Å². The second kappa shape index (κ2) is 7.24. The summed E-state index contributed by atoms with van der Waals surface area (Å²) in [5.74, 6) is 2.03.